The van der Waals surface area contributed by atoms with E-state index in [9.17, 15) is 29.1 Å². The summed E-state index contributed by atoms with van der Waals surface area (Å²) in [6, 6.07) is 2.86. The molecule has 1 heterocycles. The Morgan fingerprint density at radius 2 is 1.63 bits per heavy atom. The molecule has 0 fully saturated rings. The van der Waals surface area contributed by atoms with E-state index >= 15 is 0 Å². The van der Waals surface area contributed by atoms with Gasteiger partial charge in [0, 0.05) is 17.1 Å². The lowest BCUT2D eigenvalue weighted by Crippen LogP contribution is -2.57. The Morgan fingerprint density at radius 1 is 0.971 bits per heavy atom. The van der Waals surface area contributed by atoms with Crippen LogP contribution >= 0.6 is 0 Å². The molecule has 0 aliphatic carbocycles. The Balaban J connectivity index is 2.00. The molecule has 1 aromatic heterocycles. The summed E-state index contributed by atoms with van der Waals surface area (Å²) in [7, 11) is 0. The average molecular weight is 489 g/mol. The van der Waals surface area contributed by atoms with E-state index in [0.29, 0.717) is 0 Å². The van der Waals surface area contributed by atoms with Gasteiger partial charge in [-0.15, -0.1) is 0 Å². The van der Waals surface area contributed by atoms with Crippen molar-refractivity contribution in [3.8, 4) is 0 Å². The quantitative estimate of drug-likeness (QED) is 0.200. The van der Waals surface area contributed by atoms with Crippen LogP contribution in [0.3, 0.4) is 0 Å². The first-order valence-corrected chi connectivity index (χ1v) is 11.1. The highest BCUT2D eigenvalue weighted by atomic mass is 16.4. The molecule has 4 atom stereocenters. The Hall–Kier alpha value is -3.93. The van der Waals surface area contributed by atoms with Gasteiger partial charge < -0.3 is 37.5 Å². The van der Waals surface area contributed by atoms with Gasteiger partial charge >= 0.3 is 5.97 Å². The summed E-state index contributed by atoms with van der Waals surface area (Å²) in [5.41, 5.74) is 13.0. The number of carboxylic acids is 1. The molecule has 4 amide bonds. The van der Waals surface area contributed by atoms with Crippen molar-refractivity contribution in [2.75, 3.05) is 0 Å². The number of benzene rings is 1. The molecule has 0 aliphatic heterocycles. The standard InChI is InChI=1S/C23H32N6O6/c1-11(2)19(23(34)35)29-22(33)17(9-18(25)30)28-20(31)12(3)27-21(32)15(24)8-13-10-26-16-7-5-4-6-14(13)16/h4-7,10-12,15,17,19,26H,8-9,24H2,1-3H3,(H2,25,30)(H,27,32)(H,28,31)(H,29,33)(H,34,35). The highest BCUT2D eigenvalue weighted by Gasteiger charge is 2.31. The van der Waals surface area contributed by atoms with E-state index in [1.807, 2.05) is 24.3 Å². The number of nitrogens with one attached hydrogen (secondary N) is 4. The lowest BCUT2D eigenvalue weighted by atomic mass is 10.0. The number of aromatic amines is 1. The third-order valence-electron chi connectivity index (χ3n) is 5.47. The SMILES string of the molecule is CC(NC(=O)C(N)Cc1c[nH]c2ccccc12)C(=O)NC(CC(N)=O)C(=O)NC(C(=O)O)C(C)C. The zero-order valence-corrected chi connectivity index (χ0v) is 19.8. The maximum absolute atomic E-state index is 12.6. The van der Waals surface area contributed by atoms with E-state index in [2.05, 4.69) is 20.9 Å². The molecule has 0 saturated heterocycles. The van der Waals surface area contributed by atoms with Crippen LogP contribution in [0.1, 0.15) is 32.8 Å². The van der Waals surface area contributed by atoms with Crippen molar-refractivity contribution < 1.29 is 29.1 Å². The van der Waals surface area contributed by atoms with Gasteiger partial charge in [0.1, 0.15) is 18.1 Å². The fourth-order valence-electron chi connectivity index (χ4n) is 3.49. The number of para-hydroxylation sites is 1. The van der Waals surface area contributed by atoms with Crippen LogP contribution in [0.25, 0.3) is 10.9 Å². The van der Waals surface area contributed by atoms with Crippen molar-refractivity contribution in [3.63, 3.8) is 0 Å². The smallest absolute Gasteiger partial charge is 0.326 e. The van der Waals surface area contributed by atoms with Gasteiger partial charge in [-0.05, 0) is 30.9 Å². The van der Waals surface area contributed by atoms with Crippen LogP contribution in [0.5, 0.6) is 0 Å². The van der Waals surface area contributed by atoms with Crippen LogP contribution in [0.4, 0.5) is 0 Å². The molecule has 12 nitrogen and oxygen atoms in total. The van der Waals surface area contributed by atoms with Crippen LogP contribution in [-0.4, -0.2) is 63.9 Å². The van der Waals surface area contributed by atoms with Gasteiger partial charge in [-0.2, -0.15) is 0 Å². The molecule has 4 unspecified atom stereocenters. The molecule has 35 heavy (non-hydrogen) atoms. The monoisotopic (exact) mass is 488 g/mol. The van der Waals surface area contributed by atoms with Gasteiger partial charge in [0.2, 0.25) is 23.6 Å². The Labute approximate surface area is 202 Å². The molecule has 0 saturated carbocycles. The fourth-order valence-corrected chi connectivity index (χ4v) is 3.49. The predicted octanol–water partition coefficient (Wildman–Crippen LogP) is -0.872. The van der Waals surface area contributed by atoms with E-state index in [1.165, 1.54) is 6.92 Å². The number of H-pyrrole nitrogens is 1. The number of carbonyl (C=O) groups is 5. The van der Waals surface area contributed by atoms with Gasteiger partial charge in [-0.3, -0.25) is 19.2 Å². The number of amides is 4. The van der Waals surface area contributed by atoms with E-state index < -0.39 is 66.1 Å². The molecule has 9 N–H and O–H groups in total. The van der Waals surface area contributed by atoms with Gasteiger partial charge in [-0.1, -0.05) is 32.0 Å². The van der Waals surface area contributed by atoms with Crippen LogP contribution in [0.2, 0.25) is 0 Å². The normalized spacial score (nSPS) is 14.5. The molecule has 0 aliphatic rings. The minimum atomic E-state index is -1.42. The average Bonchev–Trinajstić information content (AvgIpc) is 3.18. The number of hydrogen-bond acceptors (Lipinski definition) is 6. The highest BCUT2D eigenvalue weighted by molar-refractivity contribution is 5.96. The second-order valence-electron chi connectivity index (χ2n) is 8.70. The lowest BCUT2D eigenvalue weighted by molar-refractivity contribution is -0.143. The molecule has 0 bridgehead atoms. The van der Waals surface area contributed by atoms with Crippen LogP contribution in [-0.2, 0) is 30.4 Å². The minimum absolute atomic E-state index is 0.225. The maximum Gasteiger partial charge on any atom is 0.326 e. The largest absolute Gasteiger partial charge is 0.480 e. The molecule has 190 valence electrons. The molecule has 12 heteroatoms. The summed E-state index contributed by atoms with van der Waals surface area (Å²) < 4.78 is 0. The number of carbonyl (C=O) groups excluding carboxylic acids is 4. The summed E-state index contributed by atoms with van der Waals surface area (Å²) in [4.78, 5) is 63.6. The van der Waals surface area contributed by atoms with Crippen molar-refractivity contribution in [2.24, 2.45) is 17.4 Å². The summed E-state index contributed by atoms with van der Waals surface area (Å²) >= 11 is 0. The van der Waals surface area contributed by atoms with Crippen LogP contribution in [0.15, 0.2) is 30.5 Å². The summed E-state index contributed by atoms with van der Waals surface area (Å²) in [5.74, 6) is -4.82. The van der Waals surface area contributed by atoms with Crippen LogP contribution < -0.4 is 27.4 Å². The Bertz CT molecular complexity index is 1100. The zero-order chi connectivity index (χ0) is 26.3. The summed E-state index contributed by atoms with van der Waals surface area (Å²) in [6.07, 6.45) is 1.44. The molecule has 2 rings (SSSR count). The van der Waals surface area contributed by atoms with E-state index in [0.717, 1.165) is 16.5 Å². The molecule has 0 radical (unpaired) electrons. The first-order valence-electron chi connectivity index (χ1n) is 11.1. The van der Waals surface area contributed by atoms with Crippen molar-refractivity contribution in [2.45, 2.75) is 57.8 Å². The summed E-state index contributed by atoms with van der Waals surface area (Å²) in [6.45, 7) is 4.58. The van der Waals surface area contributed by atoms with E-state index in [-0.39, 0.29) is 6.42 Å². The number of rotatable bonds is 12. The number of nitrogens with two attached hydrogens (primary N) is 2. The molecule has 1 aromatic carbocycles. The third kappa shape index (κ3) is 7.54. The molecule has 0 spiro atoms. The second kappa shape index (κ2) is 12.0. The van der Waals surface area contributed by atoms with Crippen molar-refractivity contribution in [3.05, 3.63) is 36.0 Å². The number of hydrogen-bond donors (Lipinski definition) is 7. The number of aromatic nitrogens is 1. The number of carboxylic acid groups (broad SMARTS) is 1. The van der Waals surface area contributed by atoms with Crippen molar-refractivity contribution >= 4 is 40.5 Å². The first-order chi connectivity index (χ1) is 16.4. The van der Waals surface area contributed by atoms with Gasteiger partial charge in [0.05, 0.1) is 12.5 Å². The van der Waals surface area contributed by atoms with Crippen LogP contribution in [0, 0.1) is 5.92 Å². The van der Waals surface area contributed by atoms with E-state index in [1.54, 1.807) is 20.0 Å². The van der Waals surface area contributed by atoms with E-state index in [4.69, 9.17) is 11.5 Å². The third-order valence-corrected chi connectivity index (χ3v) is 5.47. The lowest BCUT2D eigenvalue weighted by Gasteiger charge is -2.24. The second-order valence-corrected chi connectivity index (χ2v) is 8.70. The highest BCUT2D eigenvalue weighted by Crippen LogP contribution is 2.18. The predicted molar refractivity (Wildman–Crippen MR) is 128 cm³/mol. The van der Waals surface area contributed by atoms with Gasteiger partial charge in [0.15, 0.2) is 0 Å². The Kier molecular flexibility index (Phi) is 9.34. The maximum atomic E-state index is 12.6. The Morgan fingerprint density at radius 3 is 2.23 bits per heavy atom. The molecular weight excluding hydrogens is 456 g/mol. The molecular formula is C23H32N6O6. The number of primary amides is 1. The van der Waals surface area contributed by atoms with Gasteiger partial charge in [-0.25, -0.2) is 4.79 Å². The number of fused-ring (bicyclic) bond motifs is 1. The fraction of sp³-hybridized carbons (Fsp3) is 0.435. The van der Waals surface area contributed by atoms with Crippen molar-refractivity contribution in [1.29, 1.82) is 0 Å². The van der Waals surface area contributed by atoms with Gasteiger partial charge in [0.25, 0.3) is 0 Å². The topological polar surface area (TPSA) is 209 Å². The summed E-state index contributed by atoms with van der Waals surface area (Å²) in [5, 5.41) is 17.3. The zero-order valence-electron chi connectivity index (χ0n) is 19.8. The first kappa shape index (κ1) is 27.3. The number of aliphatic carboxylic acids is 1. The van der Waals surface area contributed by atoms with Crippen molar-refractivity contribution in [1.82, 2.24) is 20.9 Å². The molecule has 2 aromatic rings. The minimum Gasteiger partial charge on any atom is -0.480 e.